The third kappa shape index (κ3) is 3.83. The summed E-state index contributed by atoms with van der Waals surface area (Å²) in [4.78, 5) is 33.3. The summed E-state index contributed by atoms with van der Waals surface area (Å²) in [5.41, 5.74) is 2.49. The number of ether oxygens (including phenoxy) is 1. The van der Waals surface area contributed by atoms with Gasteiger partial charge in [0, 0.05) is 23.9 Å². The van der Waals surface area contributed by atoms with Crippen molar-refractivity contribution in [1.29, 1.82) is 0 Å². The van der Waals surface area contributed by atoms with Crippen LogP contribution < -0.4 is 5.32 Å². The highest BCUT2D eigenvalue weighted by Crippen LogP contribution is 2.33. The monoisotopic (exact) mass is 467 g/mol. The summed E-state index contributed by atoms with van der Waals surface area (Å²) in [5, 5.41) is 4.31. The van der Waals surface area contributed by atoms with Gasteiger partial charge in [-0.2, -0.15) is 0 Å². The SMILES string of the molecule is O=C(Nc1c(C(=O)N2CCOCC2)oc2ccccc12)c1cc(-c2ccco2)nc2ccccc12. The van der Waals surface area contributed by atoms with Crippen LogP contribution in [0.25, 0.3) is 33.3 Å². The van der Waals surface area contributed by atoms with Crippen molar-refractivity contribution < 1.29 is 23.2 Å². The van der Waals surface area contributed by atoms with E-state index in [0.717, 1.165) is 0 Å². The molecule has 1 N–H and O–H groups in total. The van der Waals surface area contributed by atoms with Gasteiger partial charge in [0.25, 0.3) is 11.8 Å². The number of furan rings is 2. The molecule has 35 heavy (non-hydrogen) atoms. The maximum absolute atomic E-state index is 13.7. The number of pyridine rings is 1. The number of morpholine rings is 1. The van der Waals surface area contributed by atoms with Crippen molar-refractivity contribution in [3.63, 3.8) is 0 Å². The first-order valence-corrected chi connectivity index (χ1v) is 11.3. The summed E-state index contributed by atoms with van der Waals surface area (Å²) in [6, 6.07) is 19.9. The summed E-state index contributed by atoms with van der Waals surface area (Å²) < 4.78 is 16.8. The Bertz CT molecular complexity index is 1550. The zero-order chi connectivity index (χ0) is 23.8. The Morgan fingerprint density at radius 2 is 1.69 bits per heavy atom. The third-order valence-electron chi connectivity index (χ3n) is 6.06. The second-order valence-corrected chi connectivity index (χ2v) is 8.21. The van der Waals surface area contributed by atoms with Gasteiger partial charge in [0.2, 0.25) is 5.76 Å². The van der Waals surface area contributed by atoms with Crippen molar-refractivity contribution in [2.45, 2.75) is 0 Å². The van der Waals surface area contributed by atoms with Crippen LogP contribution in [-0.2, 0) is 4.74 Å². The van der Waals surface area contributed by atoms with Gasteiger partial charge in [0.1, 0.15) is 17.0 Å². The van der Waals surface area contributed by atoms with E-state index in [1.54, 1.807) is 35.4 Å². The van der Waals surface area contributed by atoms with Crippen molar-refractivity contribution in [2.75, 3.05) is 31.6 Å². The summed E-state index contributed by atoms with van der Waals surface area (Å²) >= 11 is 0. The molecule has 2 aromatic carbocycles. The number of hydrogen-bond acceptors (Lipinski definition) is 6. The number of anilines is 1. The van der Waals surface area contributed by atoms with Crippen molar-refractivity contribution >= 4 is 39.4 Å². The first-order chi connectivity index (χ1) is 17.2. The molecule has 0 spiro atoms. The van der Waals surface area contributed by atoms with Gasteiger partial charge in [0.15, 0.2) is 5.76 Å². The minimum atomic E-state index is -0.376. The van der Waals surface area contributed by atoms with E-state index in [4.69, 9.17) is 13.6 Å². The number of fused-ring (bicyclic) bond motifs is 2. The van der Waals surface area contributed by atoms with Crippen LogP contribution in [0.4, 0.5) is 5.69 Å². The quantitative estimate of drug-likeness (QED) is 0.401. The Morgan fingerprint density at radius 3 is 2.49 bits per heavy atom. The molecule has 0 unspecified atom stereocenters. The summed E-state index contributed by atoms with van der Waals surface area (Å²) in [6.45, 7) is 1.86. The zero-order valence-corrected chi connectivity index (χ0v) is 18.7. The van der Waals surface area contributed by atoms with Crippen LogP contribution in [-0.4, -0.2) is 48.0 Å². The molecule has 1 fully saturated rings. The number of hydrogen-bond donors (Lipinski definition) is 1. The summed E-state index contributed by atoms with van der Waals surface area (Å²) in [5.74, 6) is 0.00228. The molecule has 1 saturated heterocycles. The number of carbonyl (C=O) groups is 2. The minimum absolute atomic E-state index is 0.103. The number of aromatic nitrogens is 1. The highest BCUT2D eigenvalue weighted by Gasteiger charge is 2.28. The van der Waals surface area contributed by atoms with E-state index < -0.39 is 0 Å². The van der Waals surface area contributed by atoms with Gasteiger partial charge < -0.3 is 23.8 Å². The number of nitrogens with one attached hydrogen (secondary N) is 1. The normalized spacial score (nSPS) is 13.9. The van der Waals surface area contributed by atoms with Gasteiger partial charge in [0.05, 0.1) is 30.6 Å². The molecule has 2 amide bonds. The number of carbonyl (C=O) groups excluding carboxylic acids is 2. The summed E-state index contributed by atoms with van der Waals surface area (Å²) in [7, 11) is 0. The molecular formula is C27H21N3O5. The molecule has 0 radical (unpaired) electrons. The average Bonchev–Trinajstić information content (AvgIpc) is 3.57. The highest BCUT2D eigenvalue weighted by atomic mass is 16.5. The van der Waals surface area contributed by atoms with Crippen LogP contribution in [0.2, 0.25) is 0 Å². The number of rotatable bonds is 4. The topological polar surface area (TPSA) is 97.8 Å². The molecule has 0 saturated carbocycles. The number of nitrogens with zero attached hydrogens (tertiary/aromatic N) is 2. The Hall–Kier alpha value is -4.43. The van der Waals surface area contributed by atoms with Crippen LogP contribution in [0, 0.1) is 0 Å². The fourth-order valence-corrected chi connectivity index (χ4v) is 4.32. The summed E-state index contributed by atoms with van der Waals surface area (Å²) in [6.07, 6.45) is 1.56. The van der Waals surface area contributed by atoms with Gasteiger partial charge in [-0.1, -0.05) is 30.3 Å². The minimum Gasteiger partial charge on any atom is -0.463 e. The third-order valence-corrected chi connectivity index (χ3v) is 6.06. The van der Waals surface area contributed by atoms with Crippen molar-refractivity contribution in [2.24, 2.45) is 0 Å². The van der Waals surface area contributed by atoms with Gasteiger partial charge in [-0.25, -0.2) is 4.98 Å². The molecule has 0 bridgehead atoms. The van der Waals surface area contributed by atoms with Crippen LogP contribution >= 0.6 is 0 Å². The fourth-order valence-electron chi connectivity index (χ4n) is 4.32. The molecule has 1 aliphatic heterocycles. The maximum Gasteiger partial charge on any atom is 0.291 e. The molecule has 0 atom stereocenters. The second-order valence-electron chi connectivity index (χ2n) is 8.21. The standard InChI is InChI=1S/C27H21N3O5/c31-26(19-16-21(23-10-5-13-34-23)28-20-8-3-1-6-17(19)20)29-24-18-7-2-4-9-22(18)35-25(24)27(32)30-11-14-33-15-12-30/h1-10,13,16H,11-12,14-15H2,(H,29,31). The first kappa shape index (κ1) is 21.1. The van der Waals surface area contributed by atoms with E-state index in [9.17, 15) is 9.59 Å². The lowest BCUT2D eigenvalue weighted by Crippen LogP contribution is -2.40. The smallest absolute Gasteiger partial charge is 0.291 e. The fraction of sp³-hybridized carbons (Fsp3) is 0.148. The van der Waals surface area contributed by atoms with Crippen LogP contribution in [0.5, 0.6) is 0 Å². The lowest BCUT2D eigenvalue weighted by Gasteiger charge is -2.26. The molecule has 174 valence electrons. The van der Waals surface area contributed by atoms with Crippen LogP contribution in [0.3, 0.4) is 0 Å². The Labute approximate surface area is 200 Å². The van der Waals surface area contributed by atoms with E-state index in [-0.39, 0.29) is 17.6 Å². The van der Waals surface area contributed by atoms with Gasteiger partial charge in [-0.3, -0.25) is 9.59 Å². The molecule has 8 nitrogen and oxygen atoms in total. The molecular weight excluding hydrogens is 446 g/mol. The molecule has 6 rings (SSSR count). The highest BCUT2D eigenvalue weighted by molar-refractivity contribution is 6.18. The maximum atomic E-state index is 13.7. The predicted octanol–water partition coefficient (Wildman–Crippen LogP) is 4.97. The largest absolute Gasteiger partial charge is 0.463 e. The average molecular weight is 467 g/mol. The molecule has 8 heteroatoms. The van der Waals surface area contributed by atoms with E-state index in [2.05, 4.69) is 10.3 Å². The lowest BCUT2D eigenvalue weighted by atomic mass is 10.1. The lowest BCUT2D eigenvalue weighted by molar-refractivity contribution is 0.0285. The molecule has 5 aromatic rings. The van der Waals surface area contributed by atoms with Crippen molar-refractivity contribution in [3.05, 3.63) is 84.3 Å². The Kier molecular flexibility index (Phi) is 5.27. The first-order valence-electron chi connectivity index (χ1n) is 11.3. The van der Waals surface area contributed by atoms with E-state index >= 15 is 0 Å². The zero-order valence-electron chi connectivity index (χ0n) is 18.7. The van der Waals surface area contributed by atoms with Crippen LogP contribution in [0.15, 0.2) is 81.8 Å². The van der Waals surface area contributed by atoms with Crippen molar-refractivity contribution in [3.8, 4) is 11.5 Å². The molecule has 1 aliphatic rings. The van der Waals surface area contributed by atoms with Crippen LogP contribution in [0.1, 0.15) is 20.9 Å². The molecule has 3 aromatic heterocycles. The van der Waals surface area contributed by atoms with E-state index in [1.165, 1.54) is 0 Å². The number of para-hydroxylation sites is 2. The molecule has 4 heterocycles. The van der Waals surface area contributed by atoms with Gasteiger partial charge in [-0.05, 0) is 36.4 Å². The Morgan fingerprint density at radius 1 is 0.914 bits per heavy atom. The van der Waals surface area contributed by atoms with Gasteiger partial charge in [-0.15, -0.1) is 0 Å². The predicted molar refractivity (Wildman–Crippen MR) is 130 cm³/mol. The molecule has 0 aliphatic carbocycles. The number of amides is 2. The van der Waals surface area contributed by atoms with E-state index in [1.807, 2.05) is 42.5 Å². The van der Waals surface area contributed by atoms with Gasteiger partial charge >= 0.3 is 0 Å². The van der Waals surface area contributed by atoms with E-state index in [0.29, 0.717) is 70.9 Å². The van der Waals surface area contributed by atoms with Crippen molar-refractivity contribution in [1.82, 2.24) is 9.88 Å². The number of benzene rings is 2. The Balaban J connectivity index is 1.44. The second kappa shape index (κ2) is 8.73.